The number of nitro benzene ring substituents is 1. The molecule has 1 fully saturated rings. The summed E-state index contributed by atoms with van der Waals surface area (Å²) in [7, 11) is 0. The molecule has 4 unspecified atom stereocenters. The van der Waals surface area contributed by atoms with Gasteiger partial charge in [0.15, 0.2) is 0 Å². The van der Waals surface area contributed by atoms with Crippen molar-refractivity contribution in [2.45, 2.75) is 52.0 Å². The molecule has 0 aliphatic carbocycles. The van der Waals surface area contributed by atoms with Crippen LogP contribution in [0.3, 0.4) is 0 Å². The number of aromatic amines is 1. The van der Waals surface area contributed by atoms with E-state index in [0.29, 0.717) is 11.1 Å². The molecule has 12 nitrogen and oxygen atoms in total. The number of nitrogens with zero attached hydrogens (tertiary/aromatic N) is 2. The Hall–Kier alpha value is -2.78. The van der Waals surface area contributed by atoms with E-state index in [1.54, 1.807) is 19.1 Å². The number of benzene rings is 1. The van der Waals surface area contributed by atoms with Gasteiger partial charge in [-0.2, -0.15) is 0 Å². The largest absolute Gasteiger partial charge is 0.508 e. The molecule has 34 heavy (non-hydrogen) atoms. The van der Waals surface area contributed by atoms with Gasteiger partial charge >= 0.3 is 11.8 Å². The number of H-pyrrole nitrogens is 1. The lowest BCUT2D eigenvalue weighted by Crippen LogP contribution is -2.33. The molecular formula is C21H26IN3O9. The minimum absolute atomic E-state index is 0. The van der Waals surface area contributed by atoms with Crippen LogP contribution in [0, 0.1) is 20.6 Å². The number of hydrogen-bond donors (Lipinski definition) is 2. The lowest BCUT2D eigenvalue weighted by atomic mass is 10.0. The first-order chi connectivity index (χ1) is 15.6. The fourth-order valence-electron chi connectivity index (χ4n) is 3.40. The van der Waals surface area contributed by atoms with Crippen LogP contribution in [0.15, 0.2) is 34.0 Å². The van der Waals surface area contributed by atoms with Crippen LogP contribution in [0.1, 0.15) is 44.0 Å². The van der Waals surface area contributed by atoms with Crippen LogP contribution in [0.2, 0.25) is 0 Å². The van der Waals surface area contributed by atoms with E-state index in [-0.39, 0.29) is 32.7 Å². The minimum atomic E-state index is -1.02. The van der Waals surface area contributed by atoms with Crippen molar-refractivity contribution in [2.75, 3.05) is 13.2 Å². The normalized spacial score (nSPS) is 20.3. The predicted molar refractivity (Wildman–Crippen MR) is 129 cm³/mol. The molecule has 1 aromatic carbocycles. The lowest BCUT2D eigenvalue weighted by molar-refractivity contribution is -0.385. The zero-order valence-corrected chi connectivity index (χ0v) is 19.9. The maximum absolute atomic E-state index is 12.0. The molecule has 0 spiro atoms. The van der Waals surface area contributed by atoms with E-state index in [1.807, 2.05) is 22.6 Å². The molecule has 0 bridgehead atoms. The summed E-state index contributed by atoms with van der Waals surface area (Å²) in [5.74, 6) is -0.458. The Labute approximate surface area is 208 Å². The maximum atomic E-state index is 12.0. The predicted octanol–water partition coefficient (Wildman–Crippen LogP) is 2.60. The molecule has 186 valence electrons. The monoisotopic (exact) mass is 591 g/mol. The molecule has 2 N–H and O–H groups in total. The van der Waals surface area contributed by atoms with Crippen molar-refractivity contribution in [2.24, 2.45) is 0 Å². The molecule has 0 amide bonds. The summed E-state index contributed by atoms with van der Waals surface area (Å²) in [4.78, 5) is 48.4. The number of rotatable bonds is 7. The molecule has 1 aliphatic heterocycles. The molecular weight excluding hydrogens is 565 g/mol. The fraction of sp³-hybridized carbons (Fsp3) is 0.476. The number of halogens is 1. The van der Waals surface area contributed by atoms with E-state index in [2.05, 4.69) is 4.98 Å². The first-order valence-electron chi connectivity index (χ1n) is 9.95. The Bertz CT molecular complexity index is 1160. The number of aromatic nitrogens is 2. The minimum Gasteiger partial charge on any atom is -0.434 e. The summed E-state index contributed by atoms with van der Waals surface area (Å²) in [6, 6.07) is 4.67. The van der Waals surface area contributed by atoms with Crippen molar-refractivity contribution in [1.29, 1.82) is 0 Å². The van der Waals surface area contributed by atoms with Gasteiger partial charge in [0, 0.05) is 39.3 Å². The van der Waals surface area contributed by atoms with Gasteiger partial charge in [0.1, 0.15) is 25.5 Å². The van der Waals surface area contributed by atoms with Crippen LogP contribution in [0.4, 0.5) is 10.5 Å². The number of aliphatic hydroxyl groups excluding tert-OH is 1. The van der Waals surface area contributed by atoms with Gasteiger partial charge in [0.25, 0.3) is 11.2 Å². The van der Waals surface area contributed by atoms with Crippen LogP contribution < -0.4 is 11.2 Å². The zero-order valence-electron chi connectivity index (χ0n) is 17.7. The number of carbonyl (C=O) groups excluding carboxylic acids is 1. The second-order valence-electron chi connectivity index (χ2n) is 7.64. The molecule has 1 saturated heterocycles. The van der Waals surface area contributed by atoms with Gasteiger partial charge in [-0.1, -0.05) is 14.4 Å². The molecule has 0 radical (unpaired) electrons. The molecule has 13 heteroatoms. The Morgan fingerprint density at radius 2 is 2.12 bits per heavy atom. The highest BCUT2D eigenvalue weighted by Crippen LogP contribution is 2.29. The van der Waals surface area contributed by atoms with Crippen LogP contribution in [-0.2, 0) is 14.2 Å². The second kappa shape index (κ2) is 11.6. The summed E-state index contributed by atoms with van der Waals surface area (Å²) in [6.07, 6.45) is -2.39. The molecule has 2 heterocycles. The Morgan fingerprint density at radius 3 is 2.79 bits per heavy atom. The van der Waals surface area contributed by atoms with Crippen molar-refractivity contribution in [3.63, 3.8) is 0 Å². The summed E-state index contributed by atoms with van der Waals surface area (Å²) < 4.78 is 17.7. The van der Waals surface area contributed by atoms with Gasteiger partial charge in [0.05, 0.1) is 11.0 Å². The van der Waals surface area contributed by atoms with E-state index >= 15 is 0 Å². The quantitative estimate of drug-likeness (QED) is 0.213. The third-order valence-electron chi connectivity index (χ3n) is 5.19. The van der Waals surface area contributed by atoms with Crippen LogP contribution in [0.5, 0.6) is 0 Å². The van der Waals surface area contributed by atoms with Gasteiger partial charge in [-0.05, 0) is 41.6 Å². The number of hydrogen-bond acceptors (Lipinski definition) is 9. The standard InChI is InChI=1S/C20H22IN3O9.CH4/c1-10-7-23(19(27)22-18(10)26)17-6-15(25)16(33-17)9-32-20(28)31-8-11(2)13-5-12(21)3-4-14(13)24(29)30;/h3-5,7,11,15-17,25H,6,8-9H2,1-2H3,(H,22,26,27);1H4. The third kappa shape index (κ3) is 6.42. The van der Waals surface area contributed by atoms with E-state index < -0.39 is 46.7 Å². The highest BCUT2D eigenvalue weighted by molar-refractivity contribution is 14.1. The highest BCUT2D eigenvalue weighted by Gasteiger charge is 2.36. The summed E-state index contributed by atoms with van der Waals surface area (Å²) in [6.45, 7) is 2.74. The average Bonchev–Trinajstić information content (AvgIpc) is 3.12. The van der Waals surface area contributed by atoms with Crippen molar-refractivity contribution in [1.82, 2.24) is 9.55 Å². The van der Waals surface area contributed by atoms with Gasteiger partial charge < -0.3 is 19.3 Å². The van der Waals surface area contributed by atoms with Crippen molar-refractivity contribution in [3.8, 4) is 0 Å². The lowest BCUT2D eigenvalue weighted by Gasteiger charge is -2.17. The van der Waals surface area contributed by atoms with E-state index in [4.69, 9.17) is 14.2 Å². The van der Waals surface area contributed by atoms with Crippen molar-refractivity contribution in [3.05, 3.63) is 70.0 Å². The molecule has 0 saturated carbocycles. The molecule has 1 aliphatic rings. The first-order valence-corrected chi connectivity index (χ1v) is 11.0. The van der Waals surface area contributed by atoms with Crippen molar-refractivity contribution < 1.29 is 29.0 Å². The van der Waals surface area contributed by atoms with Crippen LogP contribution in [0.25, 0.3) is 0 Å². The van der Waals surface area contributed by atoms with Gasteiger partial charge in [-0.25, -0.2) is 9.59 Å². The Kier molecular flexibility index (Phi) is 9.35. The number of nitrogens with one attached hydrogen (secondary N) is 1. The zero-order chi connectivity index (χ0) is 24.3. The van der Waals surface area contributed by atoms with E-state index in [9.17, 15) is 29.6 Å². The third-order valence-corrected chi connectivity index (χ3v) is 5.87. The average molecular weight is 591 g/mol. The molecule has 3 rings (SSSR count). The van der Waals surface area contributed by atoms with Crippen molar-refractivity contribution >= 4 is 34.4 Å². The van der Waals surface area contributed by atoms with E-state index in [0.717, 1.165) is 8.14 Å². The smallest absolute Gasteiger partial charge is 0.434 e. The molecule has 2 aromatic rings. The molecule has 4 atom stereocenters. The highest BCUT2D eigenvalue weighted by atomic mass is 127. The van der Waals surface area contributed by atoms with Gasteiger partial charge in [-0.15, -0.1) is 0 Å². The van der Waals surface area contributed by atoms with Crippen LogP contribution >= 0.6 is 22.6 Å². The van der Waals surface area contributed by atoms with Gasteiger partial charge in [0.2, 0.25) is 0 Å². The first kappa shape index (κ1) is 27.5. The maximum Gasteiger partial charge on any atom is 0.508 e. The number of nitro groups is 1. The van der Waals surface area contributed by atoms with Crippen LogP contribution in [-0.4, -0.2) is 51.2 Å². The topological polar surface area (TPSA) is 163 Å². The fourth-order valence-corrected chi connectivity index (χ4v) is 3.91. The number of carbonyl (C=O) groups is 1. The summed E-state index contributed by atoms with van der Waals surface area (Å²) in [5.41, 5.74) is -0.525. The van der Waals surface area contributed by atoms with Gasteiger partial charge in [-0.3, -0.25) is 24.5 Å². The SMILES string of the molecule is C.Cc1cn(C2CC(O)C(COC(=O)OCC(C)c3cc(I)ccc3[N+](=O)[O-])O2)c(=O)[nH]c1=O. The Morgan fingerprint density at radius 1 is 1.41 bits per heavy atom. The summed E-state index contributed by atoms with van der Waals surface area (Å²) in [5, 5.41) is 21.5. The van der Waals surface area contributed by atoms with E-state index in [1.165, 1.54) is 19.2 Å². The molecule has 1 aromatic heterocycles. The second-order valence-corrected chi connectivity index (χ2v) is 8.89. The summed E-state index contributed by atoms with van der Waals surface area (Å²) >= 11 is 2.04. The number of aliphatic hydroxyl groups is 1. The number of aryl methyl sites for hydroxylation is 1. The Balaban J connectivity index is 0.00000408. The number of ether oxygens (including phenoxy) is 3.